The minimum absolute atomic E-state index is 0.0249. The Kier molecular flexibility index (Phi) is 7.33. The molecule has 1 aliphatic heterocycles. The summed E-state index contributed by atoms with van der Waals surface area (Å²) in [7, 11) is 1.60. The molecule has 156 valence electrons. The third-order valence-corrected chi connectivity index (χ3v) is 5.41. The lowest BCUT2D eigenvalue weighted by Gasteiger charge is -2.22. The van der Waals surface area contributed by atoms with Crippen molar-refractivity contribution in [1.82, 2.24) is 9.80 Å². The van der Waals surface area contributed by atoms with Crippen molar-refractivity contribution in [3.63, 3.8) is 0 Å². The van der Waals surface area contributed by atoms with Gasteiger partial charge in [0, 0.05) is 38.7 Å². The lowest BCUT2D eigenvalue weighted by molar-refractivity contribution is -0.142. The molecule has 1 saturated heterocycles. The zero-order chi connectivity index (χ0) is 20.8. The number of furan rings is 1. The number of ether oxygens (including phenoxy) is 2. The van der Waals surface area contributed by atoms with E-state index < -0.39 is 0 Å². The van der Waals surface area contributed by atoms with Crippen LogP contribution in [0.5, 0.6) is 5.75 Å². The molecule has 0 aliphatic carbocycles. The second-order valence-electron chi connectivity index (χ2n) is 6.92. The third kappa shape index (κ3) is 5.83. The number of rotatable bonds is 6. The molecular formula is C21H25BrN2O5. The fourth-order valence-electron chi connectivity index (χ4n) is 3.29. The van der Waals surface area contributed by atoms with Gasteiger partial charge in [0.25, 0.3) is 5.91 Å². The number of nitrogens with zero attached hydrogens (tertiary/aromatic N) is 2. The normalized spacial score (nSPS) is 15.1. The Hall–Kier alpha value is -2.32. The molecule has 7 nitrogen and oxygen atoms in total. The summed E-state index contributed by atoms with van der Waals surface area (Å²) in [4.78, 5) is 28.0. The van der Waals surface area contributed by atoms with Crippen LogP contribution in [-0.2, 0) is 22.7 Å². The average Bonchev–Trinajstić information content (AvgIpc) is 3.02. The molecule has 0 bridgehead atoms. The van der Waals surface area contributed by atoms with Gasteiger partial charge in [0.2, 0.25) is 0 Å². The number of hydrogen-bond donors (Lipinski definition) is 0. The highest BCUT2D eigenvalue weighted by Crippen LogP contribution is 2.26. The summed E-state index contributed by atoms with van der Waals surface area (Å²) in [6.45, 7) is 5.21. The Morgan fingerprint density at radius 1 is 1.10 bits per heavy atom. The van der Waals surface area contributed by atoms with E-state index >= 15 is 0 Å². The topological polar surface area (TPSA) is 72.2 Å². The average molecular weight is 465 g/mol. The van der Waals surface area contributed by atoms with E-state index in [1.165, 1.54) is 6.92 Å². The molecule has 1 amide bonds. The minimum atomic E-state index is -0.330. The first kappa shape index (κ1) is 21.4. The van der Waals surface area contributed by atoms with Crippen LogP contribution in [0.15, 0.2) is 39.2 Å². The van der Waals surface area contributed by atoms with Crippen LogP contribution in [0.25, 0.3) is 0 Å². The number of carbonyl (C=O) groups excluding carboxylic acids is 2. The standard InChI is InChI=1S/C21H25BrN2O5/c1-15(25)28-14-18-6-5-17(29-18)13-23-8-3-9-24(11-10-23)21(26)16-4-7-20(27-2)19(22)12-16/h4-7,12H,3,8-11,13-14H2,1-2H3. The highest BCUT2D eigenvalue weighted by Gasteiger charge is 2.21. The molecule has 8 heteroatoms. The van der Waals surface area contributed by atoms with E-state index in [0.29, 0.717) is 30.2 Å². The van der Waals surface area contributed by atoms with Crippen LogP contribution < -0.4 is 4.74 Å². The molecule has 0 N–H and O–H groups in total. The molecule has 0 spiro atoms. The lowest BCUT2D eigenvalue weighted by atomic mass is 10.2. The van der Waals surface area contributed by atoms with E-state index in [1.807, 2.05) is 17.0 Å². The lowest BCUT2D eigenvalue weighted by Crippen LogP contribution is -2.35. The van der Waals surface area contributed by atoms with Crippen molar-refractivity contribution >= 4 is 27.8 Å². The maximum Gasteiger partial charge on any atom is 0.303 e. The van der Waals surface area contributed by atoms with Crippen molar-refractivity contribution in [2.75, 3.05) is 33.3 Å². The molecule has 2 heterocycles. The van der Waals surface area contributed by atoms with E-state index in [0.717, 1.165) is 36.3 Å². The van der Waals surface area contributed by atoms with Gasteiger partial charge in [0.05, 0.1) is 18.1 Å². The molecule has 29 heavy (non-hydrogen) atoms. The van der Waals surface area contributed by atoms with Crippen molar-refractivity contribution in [2.45, 2.75) is 26.5 Å². The summed E-state index contributed by atoms with van der Waals surface area (Å²) in [5, 5.41) is 0. The molecule has 0 atom stereocenters. The molecule has 2 aromatic rings. The van der Waals surface area contributed by atoms with Gasteiger partial charge in [-0.05, 0) is 52.7 Å². The number of carbonyl (C=O) groups is 2. The molecule has 0 unspecified atom stereocenters. The number of esters is 1. The Bertz CT molecular complexity index is 867. The van der Waals surface area contributed by atoms with Crippen molar-refractivity contribution < 1.29 is 23.5 Å². The molecule has 1 aliphatic rings. The van der Waals surface area contributed by atoms with Gasteiger partial charge in [-0.15, -0.1) is 0 Å². The predicted molar refractivity (Wildman–Crippen MR) is 111 cm³/mol. The number of methoxy groups -OCH3 is 1. The number of amides is 1. The summed E-state index contributed by atoms with van der Waals surface area (Å²) >= 11 is 3.44. The second kappa shape index (κ2) is 9.93. The van der Waals surface area contributed by atoms with Crippen LogP contribution in [0.4, 0.5) is 0 Å². The molecule has 3 rings (SSSR count). The zero-order valence-corrected chi connectivity index (χ0v) is 18.2. The third-order valence-electron chi connectivity index (χ3n) is 4.79. The Labute approximate surface area is 178 Å². The largest absolute Gasteiger partial charge is 0.496 e. The molecule has 1 aromatic heterocycles. The van der Waals surface area contributed by atoms with Crippen LogP contribution in [0.1, 0.15) is 35.2 Å². The molecular weight excluding hydrogens is 440 g/mol. The predicted octanol–water partition coefficient (Wildman–Crippen LogP) is 3.46. The van der Waals surface area contributed by atoms with Gasteiger partial charge >= 0.3 is 5.97 Å². The van der Waals surface area contributed by atoms with Gasteiger partial charge in [-0.1, -0.05) is 0 Å². The SMILES string of the molecule is COc1ccc(C(=O)N2CCCN(Cc3ccc(COC(C)=O)o3)CC2)cc1Br. The Morgan fingerprint density at radius 2 is 1.90 bits per heavy atom. The summed E-state index contributed by atoms with van der Waals surface area (Å²) in [5.74, 6) is 1.86. The zero-order valence-electron chi connectivity index (χ0n) is 16.7. The van der Waals surface area contributed by atoms with Crippen molar-refractivity contribution in [2.24, 2.45) is 0 Å². The van der Waals surface area contributed by atoms with E-state index in [2.05, 4.69) is 20.8 Å². The van der Waals surface area contributed by atoms with Crippen LogP contribution in [0.3, 0.4) is 0 Å². The van der Waals surface area contributed by atoms with Crippen molar-refractivity contribution in [1.29, 1.82) is 0 Å². The minimum Gasteiger partial charge on any atom is -0.496 e. The summed E-state index contributed by atoms with van der Waals surface area (Å²) in [5.41, 5.74) is 0.646. The van der Waals surface area contributed by atoms with Crippen LogP contribution in [0.2, 0.25) is 0 Å². The first-order valence-corrected chi connectivity index (χ1v) is 10.3. The van der Waals surface area contributed by atoms with Gasteiger partial charge in [-0.3, -0.25) is 14.5 Å². The van der Waals surface area contributed by atoms with Crippen LogP contribution in [0, 0.1) is 0 Å². The smallest absolute Gasteiger partial charge is 0.303 e. The highest BCUT2D eigenvalue weighted by atomic mass is 79.9. The highest BCUT2D eigenvalue weighted by molar-refractivity contribution is 9.10. The number of halogens is 1. The van der Waals surface area contributed by atoms with Gasteiger partial charge in [0.1, 0.15) is 23.9 Å². The van der Waals surface area contributed by atoms with Crippen LogP contribution >= 0.6 is 15.9 Å². The maximum atomic E-state index is 12.9. The first-order chi connectivity index (χ1) is 14.0. The summed E-state index contributed by atoms with van der Waals surface area (Å²) < 4.78 is 16.7. The molecule has 1 aromatic carbocycles. The van der Waals surface area contributed by atoms with Crippen LogP contribution in [-0.4, -0.2) is 55.0 Å². The monoisotopic (exact) mass is 464 g/mol. The number of hydrogen-bond acceptors (Lipinski definition) is 6. The fourth-order valence-corrected chi connectivity index (χ4v) is 3.83. The van der Waals surface area contributed by atoms with E-state index in [4.69, 9.17) is 13.9 Å². The van der Waals surface area contributed by atoms with Crippen molar-refractivity contribution in [3.8, 4) is 5.75 Å². The van der Waals surface area contributed by atoms with E-state index in [9.17, 15) is 9.59 Å². The van der Waals surface area contributed by atoms with Gasteiger partial charge in [-0.2, -0.15) is 0 Å². The van der Waals surface area contributed by atoms with Crippen molar-refractivity contribution in [3.05, 3.63) is 51.9 Å². The van der Waals surface area contributed by atoms with Gasteiger partial charge < -0.3 is 18.8 Å². The van der Waals surface area contributed by atoms with E-state index in [1.54, 1.807) is 25.3 Å². The fraction of sp³-hybridized carbons (Fsp3) is 0.429. The number of benzene rings is 1. The Balaban J connectivity index is 1.55. The first-order valence-electron chi connectivity index (χ1n) is 9.52. The van der Waals surface area contributed by atoms with Gasteiger partial charge in [-0.25, -0.2) is 0 Å². The molecule has 0 saturated carbocycles. The Morgan fingerprint density at radius 3 is 2.62 bits per heavy atom. The van der Waals surface area contributed by atoms with Gasteiger partial charge in [0.15, 0.2) is 0 Å². The molecule has 0 radical (unpaired) electrons. The maximum absolute atomic E-state index is 12.9. The summed E-state index contributed by atoms with van der Waals surface area (Å²) in [6.07, 6.45) is 0.893. The quantitative estimate of drug-likeness (QED) is 0.609. The molecule has 1 fully saturated rings. The van der Waals surface area contributed by atoms with E-state index in [-0.39, 0.29) is 18.5 Å². The summed E-state index contributed by atoms with van der Waals surface area (Å²) in [6, 6.07) is 9.13. The second-order valence-corrected chi connectivity index (χ2v) is 7.77.